The predicted molar refractivity (Wildman–Crippen MR) is 143 cm³/mol. The largest absolute Gasteiger partial charge is 0.387 e. The Morgan fingerprint density at radius 1 is 0.500 bits per heavy atom. The summed E-state index contributed by atoms with van der Waals surface area (Å²) in [5, 5.41) is 0. The molecular formula is C24H50N4S2. The number of hydrogen-bond donors (Lipinski definition) is 2. The molecule has 0 rings (SSSR count). The fourth-order valence-corrected chi connectivity index (χ4v) is 5.05. The summed E-state index contributed by atoms with van der Waals surface area (Å²) in [6.45, 7) is 6.27. The van der Waals surface area contributed by atoms with Crippen molar-refractivity contribution < 1.29 is 0 Å². The molecule has 0 fully saturated rings. The highest BCUT2D eigenvalue weighted by Gasteiger charge is 1.98. The van der Waals surface area contributed by atoms with Crippen molar-refractivity contribution in [2.24, 2.45) is 21.5 Å². The third-order valence-electron chi connectivity index (χ3n) is 5.15. The molecule has 0 bridgehead atoms. The normalized spacial score (nSPS) is 12.6. The molecule has 0 unspecified atom stereocenters. The quantitative estimate of drug-likeness (QED) is 0.0725. The summed E-state index contributed by atoms with van der Waals surface area (Å²) in [5.41, 5.74) is 12.0. The molecule has 0 atom stereocenters. The molecular weight excluding hydrogens is 408 g/mol. The second kappa shape index (κ2) is 24.9. The van der Waals surface area contributed by atoms with E-state index in [1.807, 2.05) is 0 Å². The van der Waals surface area contributed by atoms with Gasteiger partial charge in [-0.1, -0.05) is 125 Å². The van der Waals surface area contributed by atoms with Crippen molar-refractivity contribution in [1.29, 1.82) is 0 Å². The van der Waals surface area contributed by atoms with E-state index < -0.39 is 0 Å². The Labute approximate surface area is 195 Å². The number of nitrogens with zero attached hydrogens (tertiary/aromatic N) is 2. The van der Waals surface area contributed by atoms with E-state index in [2.05, 4.69) is 23.8 Å². The van der Waals surface area contributed by atoms with Crippen LogP contribution < -0.4 is 11.5 Å². The smallest absolute Gasteiger partial charge is 0.105 e. The Morgan fingerprint density at radius 2 is 0.800 bits per heavy atom. The van der Waals surface area contributed by atoms with Crippen molar-refractivity contribution in [3.8, 4) is 0 Å². The first-order valence-electron chi connectivity index (χ1n) is 12.5. The Kier molecular flexibility index (Phi) is 24.6. The summed E-state index contributed by atoms with van der Waals surface area (Å²) in [6, 6.07) is 0. The number of nitrogens with two attached hydrogens (primary N) is 2. The van der Waals surface area contributed by atoms with Gasteiger partial charge < -0.3 is 11.5 Å². The Morgan fingerprint density at radius 3 is 1.13 bits per heavy atom. The van der Waals surface area contributed by atoms with Crippen LogP contribution in [0.4, 0.5) is 0 Å². The molecule has 0 amide bonds. The Hall–Kier alpha value is -0.360. The molecule has 0 aliphatic rings. The highest BCUT2D eigenvalue weighted by Crippen LogP contribution is 2.20. The fraction of sp³-hybridized carbons (Fsp3) is 0.917. The van der Waals surface area contributed by atoms with Crippen molar-refractivity contribution in [3.05, 3.63) is 0 Å². The van der Waals surface area contributed by atoms with Crippen molar-refractivity contribution in [1.82, 2.24) is 0 Å². The van der Waals surface area contributed by atoms with Crippen LogP contribution >= 0.6 is 21.6 Å². The first kappa shape index (κ1) is 29.6. The lowest BCUT2D eigenvalue weighted by molar-refractivity contribution is 0.578. The zero-order chi connectivity index (χ0) is 22.1. The van der Waals surface area contributed by atoms with Gasteiger partial charge in [-0.2, -0.15) is 0 Å². The number of amidine groups is 2. The molecule has 0 spiro atoms. The van der Waals surface area contributed by atoms with Gasteiger partial charge in [0.1, 0.15) is 11.7 Å². The van der Waals surface area contributed by atoms with E-state index in [0.717, 1.165) is 49.1 Å². The number of aliphatic imine (C=N–C) groups is 2. The molecule has 0 aromatic heterocycles. The van der Waals surface area contributed by atoms with Crippen LogP contribution in [0.5, 0.6) is 0 Å². The summed E-state index contributed by atoms with van der Waals surface area (Å²) in [4.78, 5) is 8.98. The SMILES string of the molecule is CCCCCCCCCCN=C(N)CSSCC(N)=NCCCCCCCCCC. The minimum atomic E-state index is 0.755. The van der Waals surface area contributed by atoms with Gasteiger partial charge in [-0.15, -0.1) is 0 Å². The van der Waals surface area contributed by atoms with Gasteiger partial charge in [0.05, 0.1) is 11.5 Å². The molecule has 0 saturated carbocycles. The summed E-state index contributed by atoms with van der Waals surface area (Å²) in [6.07, 6.45) is 21.2. The third kappa shape index (κ3) is 23.9. The number of unbranched alkanes of at least 4 members (excludes halogenated alkanes) is 14. The lowest BCUT2D eigenvalue weighted by atomic mass is 10.1. The zero-order valence-electron chi connectivity index (χ0n) is 20.0. The van der Waals surface area contributed by atoms with Gasteiger partial charge in [0.15, 0.2) is 0 Å². The van der Waals surface area contributed by atoms with Crippen LogP contribution in [0.25, 0.3) is 0 Å². The van der Waals surface area contributed by atoms with Crippen molar-refractivity contribution >= 4 is 33.3 Å². The van der Waals surface area contributed by atoms with Gasteiger partial charge in [0.25, 0.3) is 0 Å². The highest BCUT2D eigenvalue weighted by atomic mass is 33.1. The van der Waals surface area contributed by atoms with E-state index in [4.69, 9.17) is 11.5 Å². The highest BCUT2D eigenvalue weighted by molar-refractivity contribution is 8.77. The molecule has 4 N–H and O–H groups in total. The predicted octanol–water partition coefficient (Wildman–Crippen LogP) is 7.36. The van der Waals surface area contributed by atoms with E-state index >= 15 is 0 Å². The molecule has 0 radical (unpaired) electrons. The maximum Gasteiger partial charge on any atom is 0.105 e. The molecule has 30 heavy (non-hydrogen) atoms. The minimum absolute atomic E-state index is 0.755. The van der Waals surface area contributed by atoms with E-state index in [0.29, 0.717) is 0 Å². The second-order valence-corrected chi connectivity index (χ2v) is 10.7. The molecule has 6 heteroatoms. The number of hydrogen-bond acceptors (Lipinski definition) is 4. The van der Waals surface area contributed by atoms with Crippen molar-refractivity contribution in [2.75, 3.05) is 24.6 Å². The van der Waals surface area contributed by atoms with E-state index in [-0.39, 0.29) is 0 Å². The van der Waals surface area contributed by atoms with Crippen LogP contribution in [-0.2, 0) is 0 Å². The first-order chi connectivity index (χ1) is 14.7. The average molecular weight is 459 g/mol. The van der Waals surface area contributed by atoms with E-state index in [1.54, 1.807) is 21.6 Å². The zero-order valence-corrected chi connectivity index (χ0v) is 21.6. The summed E-state index contributed by atoms with van der Waals surface area (Å²) in [5.74, 6) is 3.05. The molecule has 0 aliphatic heterocycles. The van der Waals surface area contributed by atoms with Gasteiger partial charge in [-0.25, -0.2) is 0 Å². The average Bonchev–Trinajstić information content (AvgIpc) is 2.74. The Bertz CT molecular complexity index is 376. The Balaban J connectivity index is 3.46. The summed E-state index contributed by atoms with van der Waals surface area (Å²) < 4.78 is 0. The second-order valence-electron chi connectivity index (χ2n) is 8.22. The van der Waals surface area contributed by atoms with E-state index in [9.17, 15) is 0 Å². The molecule has 0 aromatic rings. The standard InChI is InChI=1S/C24H50N4S2/c1-3-5-7-9-11-13-15-17-19-27-23(25)21-29-30-22-24(26)28-20-18-16-14-12-10-8-6-4-2/h3-22H2,1-2H3,(H2,25,27)(H2,26,28). The van der Waals surface area contributed by atoms with Gasteiger partial charge >= 0.3 is 0 Å². The van der Waals surface area contributed by atoms with Crippen LogP contribution in [0.15, 0.2) is 9.98 Å². The molecule has 178 valence electrons. The molecule has 0 saturated heterocycles. The lowest BCUT2D eigenvalue weighted by Crippen LogP contribution is -2.17. The monoisotopic (exact) mass is 458 g/mol. The maximum atomic E-state index is 6.01. The van der Waals surface area contributed by atoms with Gasteiger partial charge in [0, 0.05) is 13.1 Å². The molecule has 0 aliphatic carbocycles. The maximum absolute atomic E-state index is 6.01. The molecule has 0 aromatic carbocycles. The van der Waals surface area contributed by atoms with Crippen LogP contribution in [0.2, 0.25) is 0 Å². The summed E-state index contributed by atoms with van der Waals surface area (Å²) in [7, 11) is 3.45. The van der Waals surface area contributed by atoms with Gasteiger partial charge in [0.2, 0.25) is 0 Å². The van der Waals surface area contributed by atoms with Gasteiger partial charge in [-0.05, 0) is 12.8 Å². The molecule has 0 heterocycles. The van der Waals surface area contributed by atoms with Gasteiger partial charge in [-0.3, -0.25) is 9.98 Å². The van der Waals surface area contributed by atoms with E-state index in [1.165, 1.54) is 89.9 Å². The molecule has 4 nitrogen and oxygen atoms in total. The fourth-order valence-electron chi connectivity index (χ4n) is 3.23. The van der Waals surface area contributed by atoms with Crippen LogP contribution in [0.1, 0.15) is 117 Å². The van der Waals surface area contributed by atoms with Crippen LogP contribution in [0, 0.1) is 0 Å². The lowest BCUT2D eigenvalue weighted by Gasteiger charge is -2.03. The topological polar surface area (TPSA) is 76.8 Å². The van der Waals surface area contributed by atoms with Crippen molar-refractivity contribution in [2.45, 2.75) is 117 Å². The van der Waals surface area contributed by atoms with Crippen LogP contribution in [-0.4, -0.2) is 36.3 Å². The van der Waals surface area contributed by atoms with Crippen molar-refractivity contribution in [3.63, 3.8) is 0 Å². The first-order valence-corrected chi connectivity index (χ1v) is 15.0. The third-order valence-corrected chi connectivity index (χ3v) is 7.35. The van der Waals surface area contributed by atoms with Crippen LogP contribution in [0.3, 0.4) is 0 Å². The summed E-state index contributed by atoms with van der Waals surface area (Å²) >= 11 is 0. The number of rotatable bonds is 23. The minimum Gasteiger partial charge on any atom is -0.387 e.